The molecular weight excluding hydrogens is 569 g/mol. The quantitative estimate of drug-likeness (QED) is 0.249. The largest absolute Gasteiger partial charge is 0.444 e. The Morgan fingerprint density at radius 2 is 2.00 bits per heavy atom. The molecule has 1 aliphatic rings. The van der Waals surface area contributed by atoms with E-state index in [1.807, 2.05) is 6.07 Å². The first-order valence-electron chi connectivity index (χ1n) is 13.8. The zero-order chi connectivity index (χ0) is 30.3. The first-order valence-corrected chi connectivity index (χ1v) is 14.6. The second kappa shape index (κ2) is 11.1. The number of carbonyl (C=O) groups is 2. The molecule has 0 saturated carbocycles. The highest BCUT2D eigenvalue weighted by Crippen LogP contribution is 2.35. The number of anilines is 1. The van der Waals surface area contributed by atoms with E-state index in [0.29, 0.717) is 52.3 Å². The lowest BCUT2D eigenvalue weighted by atomic mass is 10.0. The maximum absolute atomic E-state index is 15.8. The first-order chi connectivity index (χ1) is 20.6. The van der Waals surface area contributed by atoms with Gasteiger partial charge in [0, 0.05) is 41.6 Å². The van der Waals surface area contributed by atoms with Crippen LogP contribution in [-0.4, -0.2) is 66.6 Å². The smallest absolute Gasteiger partial charge is 0.410 e. The molecule has 1 fully saturated rings. The fourth-order valence-corrected chi connectivity index (χ4v) is 6.04. The molecule has 43 heavy (non-hydrogen) atoms. The van der Waals surface area contributed by atoms with Crippen molar-refractivity contribution in [2.75, 3.05) is 18.0 Å². The van der Waals surface area contributed by atoms with E-state index in [9.17, 15) is 9.59 Å². The van der Waals surface area contributed by atoms with Crippen LogP contribution in [0.25, 0.3) is 26.9 Å². The topological polar surface area (TPSA) is 106 Å². The molecule has 1 atom stereocenters. The number of piperidine rings is 1. The van der Waals surface area contributed by atoms with Crippen molar-refractivity contribution >= 4 is 50.4 Å². The van der Waals surface area contributed by atoms with Crippen LogP contribution >= 0.6 is 11.3 Å². The molecule has 0 aliphatic carbocycles. The molecule has 218 valence electrons. The van der Waals surface area contributed by atoms with Crippen molar-refractivity contribution in [3.05, 3.63) is 71.1 Å². The van der Waals surface area contributed by atoms with E-state index in [2.05, 4.69) is 26.2 Å². The number of hydrogen-bond acceptors (Lipinski definition) is 8. The van der Waals surface area contributed by atoms with Gasteiger partial charge in [-0.3, -0.25) is 9.69 Å². The van der Waals surface area contributed by atoms with Crippen molar-refractivity contribution < 1.29 is 18.7 Å². The van der Waals surface area contributed by atoms with Gasteiger partial charge in [0.05, 0.1) is 22.2 Å². The summed E-state index contributed by atoms with van der Waals surface area (Å²) in [4.78, 5) is 40.0. The summed E-state index contributed by atoms with van der Waals surface area (Å²) < 4.78 is 23.7. The van der Waals surface area contributed by atoms with Gasteiger partial charge in [0.2, 0.25) is 0 Å². The molecule has 5 heterocycles. The summed E-state index contributed by atoms with van der Waals surface area (Å²) >= 11 is 1.41. The Morgan fingerprint density at radius 3 is 2.77 bits per heavy atom. The number of rotatable bonds is 4. The zero-order valence-electron chi connectivity index (χ0n) is 23.8. The standard InChI is InChI=1S/C31H28FN7O3S/c1-5-21-17-23-26(43-21)12-14-34-27(23)38(20-8-7-15-37(18-20)30(41)42-31(2,3)4)29(40)22-11-10-19(16-24(22)32)39-28-25(35-36-39)9-6-13-33-28/h1,6,9-14,16-17,20H,7-8,15,18H2,2-4H3/t20-/m1/s1. The molecule has 0 N–H and O–H groups in total. The molecule has 4 aromatic heterocycles. The minimum Gasteiger partial charge on any atom is -0.444 e. The minimum absolute atomic E-state index is 0.151. The second-order valence-electron chi connectivity index (χ2n) is 11.2. The average molecular weight is 598 g/mol. The average Bonchev–Trinajstić information content (AvgIpc) is 3.61. The Hall–Kier alpha value is -4.89. The molecule has 1 saturated heterocycles. The van der Waals surface area contributed by atoms with E-state index >= 15 is 4.39 Å². The van der Waals surface area contributed by atoms with Gasteiger partial charge in [0.25, 0.3) is 5.91 Å². The number of carbonyl (C=O) groups excluding carboxylic acids is 2. The fraction of sp³-hybridized carbons (Fsp3) is 0.290. The molecular formula is C31H28FN7O3S. The van der Waals surface area contributed by atoms with Gasteiger partial charge in [-0.2, -0.15) is 4.68 Å². The van der Waals surface area contributed by atoms with Gasteiger partial charge in [-0.25, -0.2) is 19.2 Å². The third kappa shape index (κ3) is 5.51. The minimum atomic E-state index is -0.742. The number of benzene rings is 1. The van der Waals surface area contributed by atoms with Gasteiger partial charge in [0.15, 0.2) is 5.65 Å². The third-order valence-electron chi connectivity index (χ3n) is 7.06. The third-order valence-corrected chi connectivity index (χ3v) is 8.09. The van der Waals surface area contributed by atoms with Crippen molar-refractivity contribution in [2.45, 2.75) is 45.3 Å². The number of terminal acetylenes is 1. The lowest BCUT2D eigenvalue weighted by molar-refractivity contribution is 0.0196. The number of ether oxygens (including phenoxy) is 1. The van der Waals surface area contributed by atoms with E-state index in [-0.39, 0.29) is 12.1 Å². The van der Waals surface area contributed by atoms with Gasteiger partial charge >= 0.3 is 6.09 Å². The molecule has 0 radical (unpaired) electrons. The highest BCUT2D eigenvalue weighted by Gasteiger charge is 2.36. The van der Waals surface area contributed by atoms with Crippen molar-refractivity contribution in [1.29, 1.82) is 0 Å². The number of likely N-dealkylation sites (tertiary alicyclic amines) is 1. The number of pyridine rings is 2. The summed E-state index contributed by atoms with van der Waals surface area (Å²) in [5.74, 6) is 1.67. The van der Waals surface area contributed by atoms with E-state index < -0.39 is 29.5 Å². The number of nitrogens with zero attached hydrogens (tertiary/aromatic N) is 7. The summed E-state index contributed by atoms with van der Waals surface area (Å²) in [6.07, 6.45) is 9.61. The number of halogens is 1. The van der Waals surface area contributed by atoms with Crippen molar-refractivity contribution in [1.82, 2.24) is 29.9 Å². The van der Waals surface area contributed by atoms with Gasteiger partial charge < -0.3 is 9.64 Å². The molecule has 0 unspecified atom stereocenters. The number of hydrogen-bond donors (Lipinski definition) is 0. The van der Waals surface area contributed by atoms with Crippen molar-refractivity contribution in [2.24, 2.45) is 0 Å². The van der Waals surface area contributed by atoms with Crippen molar-refractivity contribution in [3.63, 3.8) is 0 Å². The molecule has 10 nitrogen and oxygen atoms in total. The maximum Gasteiger partial charge on any atom is 0.410 e. The van der Waals surface area contributed by atoms with Gasteiger partial charge in [-0.15, -0.1) is 22.9 Å². The number of amides is 2. The Kier molecular flexibility index (Phi) is 7.27. The van der Waals surface area contributed by atoms with E-state index in [0.717, 1.165) is 4.70 Å². The summed E-state index contributed by atoms with van der Waals surface area (Å²) in [5, 5.41) is 8.86. The van der Waals surface area contributed by atoms with Crippen LogP contribution in [0, 0.1) is 18.2 Å². The highest BCUT2D eigenvalue weighted by molar-refractivity contribution is 7.19. The Labute approximate surface area is 251 Å². The van der Waals surface area contributed by atoms with Crippen LogP contribution in [0.4, 0.5) is 15.0 Å². The lowest BCUT2D eigenvalue weighted by Crippen LogP contribution is -2.53. The number of aromatic nitrogens is 5. The summed E-state index contributed by atoms with van der Waals surface area (Å²) in [6.45, 7) is 6.08. The van der Waals surface area contributed by atoms with Crippen LogP contribution in [0.1, 0.15) is 48.8 Å². The normalized spacial score (nSPS) is 15.4. The van der Waals surface area contributed by atoms with Gasteiger partial charge in [0.1, 0.15) is 22.8 Å². The van der Waals surface area contributed by atoms with Crippen LogP contribution in [-0.2, 0) is 4.74 Å². The molecule has 5 aromatic rings. The zero-order valence-corrected chi connectivity index (χ0v) is 24.6. The van der Waals surface area contributed by atoms with E-state index in [1.165, 1.54) is 33.1 Å². The molecule has 1 aromatic carbocycles. The Balaban J connectivity index is 1.40. The molecule has 12 heteroatoms. The Morgan fingerprint density at radius 1 is 1.16 bits per heavy atom. The van der Waals surface area contributed by atoms with Gasteiger partial charge in [-0.1, -0.05) is 11.1 Å². The molecule has 0 bridgehead atoms. The SMILES string of the molecule is C#Cc1cc2c(N(C(=O)c3ccc(-n4nnc5cccnc54)cc3F)[C@@H]3CCCN(C(=O)OC(C)(C)C)C3)nccc2s1. The fourth-order valence-electron chi connectivity index (χ4n) is 5.18. The van der Waals surface area contributed by atoms with Crippen molar-refractivity contribution in [3.8, 4) is 18.0 Å². The van der Waals surface area contributed by atoms with Gasteiger partial charge in [-0.05, 0) is 70.0 Å². The maximum atomic E-state index is 15.8. The highest BCUT2D eigenvalue weighted by atomic mass is 32.1. The van der Waals surface area contributed by atoms with E-state index in [1.54, 1.807) is 62.3 Å². The van der Waals surface area contributed by atoms with E-state index in [4.69, 9.17) is 11.2 Å². The first kappa shape index (κ1) is 28.2. The number of fused-ring (bicyclic) bond motifs is 2. The summed E-state index contributed by atoms with van der Waals surface area (Å²) in [5.41, 5.74) is 0.561. The van der Waals surface area contributed by atoms with Crippen LogP contribution in [0.15, 0.2) is 54.9 Å². The van der Waals surface area contributed by atoms with Crippen LogP contribution in [0.5, 0.6) is 0 Å². The molecule has 0 spiro atoms. The van der Waals surface area contributed by atoms with Crippen LogP contribution < -0.4 is 4.90 Å². The monoisotopic (exact) mass is 597 g/mol. The van der Waals surface area contributed by atoms with Crippen LogP contribution in [0.3, 0.4) is 0 Å². The van der Waals surface area contributed by atoms with Crippen LogP contribution in [0.2, 0.25) is 0 Å². The lowest BCUT2D eigenvalue weighted by Gasteiger charge is -2.39. The molecule has 2 amide bonds. The Bertz CT molecular complexity index is 1910. The molecule has 6 rings (SSSR count). The summed E-state index contributed by atoms with van der Waals surface area (Å²) in [7, 11) is 0. The number of thiophene rings is 1. The predicted molar refractivity (Wildman–Crippen MR) is 162 cm³/mol. The molecule has 1 aliphatic heterocycles. The summed E-state index contributed by atoms with van der Waals surface area (Å²) in [6, 6.07) is 10.9. The predicted octanol–water partition coefficient (Wildman–Crippen LogP) is 5.59. The second-order valence-corrected chi connectivity index (χ2v) is 12.3.